The Labute approximate surface area is 142 Å². The highest BCUT2D eigenvalue weighted by atomic mass is 79.9. The van der Waals surface area contributed by atoms with Gasteiger partial charge in [-0.2, -0.15) is 5.10 Å². The Bertz CT molecular complexity index is 710. The van der Waals surface area contributed by atoms with E-state index in [1.54, 1.807) is 6.07 Å². The maximum Gasteiger partial charge on any atom is 0.250 e. The third-order valence-corrected chi connectivity index (χ3v) is 4.97. The van der Waals surface area contributed by atoms with E-state index in [1.807, 2.05) is 26.8 Å². The van der Waals surface area contributed by atoms with Gasteiger partial charge in [-0.1, -0.05) is 15.9 Å². The van der Waals surface area contributed by atoms with Crippen molar-refractivity contribution in [3.05, 3.63) is 51.4 Å². The standard InChI is InChI=1S/C16H17BrN2O2S/c1-10-7-15(11(2)6-14(10)17)22-9-16(20)19-18-8-13-5-4-12(3)21-13/h4-8H,9H2,1-3H3,(H,19,20)/b18-8+. The van der Waals surface area contributed by atoms with Crippen LogP contribution in [-0.2, 0) is 4.79 Å². The number of nitrogens with zero attached hydrogens (tertiary/aromatic N) is 1. The van der Waals surface area contributed by atoms with Gasteiger partial charge in [-0.05, 0) is 56.2 Å². The Morgan fingerprint density at radius 2 is 2.09 bits per heavy atom. The van der Waals surface area contributed by atoms with Crippen molar-refractivity contribution in [1.29, 1.82) is 0 Å². The van der Waals surface area contributed by atoms with Crippen LogP contribution in [0.2, 0.25) is 0 Å². The molecule has 1 heterocycles. The summed E-state index contributed by atoms with van der Waals surface area (Å²) in [7, 11) is 0. The second-order valence-electron chi connectivity index (χ2n) is 4.90. The van der Waals surface area contributed by atoms with E-state index in [0.29, 0.717) is 11.5 Å². The van der Waals surface area contributed by atoms with Gasteiger partial charge in [-0.25, -0.2) is 5.43 Å². The van der Waals surface area contributed by atoms with E-state index < -0.39 is 0 Å². The van der Waals surface area contributed by atoms with Crippen LogP contribution in [0.25, 0.3) is 0 Å². The van der Waals surface area contributed by atoms with Gasteiger partial charge in [0, 0.05) is 9.37 Å². The third-order valence-electron chi connectivity index (χ3n) is 2.96. The van der Waals surface area contributed by atoms with Crippen molar-refractivity contribution in [2.45, 2.75) is 25.7 Å². The monoisotopic (exact) mass is 380 g/mol. The average Bonchev–Trinajstić information content (AvgIpc) is 2.87. The summed E-state index contributed by atoms with van der Waals surface area (Å²) in [5.41, 5.74) is 4.79. The highest BCUT2D eigenvalue weighted by Gasteiger charge is 2.06. The van der Waals surface area contributed by atoms with Crippen molar-refractivity contribution in [2.24, 2.45) is 5.10 Å². The Hall–Kier alpha value is -1.53. The number of hydrazone groups is 1. The van der Waals surface area contributed by atoms with Crippen LogP contribution in [0.3, 0.4) is 0 Å². The molecule has 0 fully saturated rings. The summed E-state index contributed by atoms with van der Waals surface area (Å²) in [5.74, 6) is 1.59. The van der Waals surface area contributed by atoms with E-state index in [4.69, 9.17) is 4.42 Å². The summed E-state index contributed by atoms with van der Waals surface area (Å²) < 4.78 is 6.41. The van der Waals surface area contributed by atoms with Gasteiger partial charge in [0.15, 0.2) is 0 Å². The molecule has 0 aliphatic heterocycles. The minimum Gasteiger partial charge on any atom is -0.460 e. The first-order chi connectivity index (χ1) is 10.5. The molecule has 1 N–H and O–H groups in total. The number of nitrogens with one attached hydrogen (secondary N) is 1. The molecular formula is C16H17BrN2O2S. The van der Waals surface area contributed by atoms with Crippen LogP contribution in [0, 0.1) is 20.8 Å². The first kappa shape index (κ1) is 16.8. The topological polar surface area (TPSA) is 54.6 Å². The second-order valence-corrected chi connectivity index (χ2v) is 6.77. The van der Waals surface area contributed by atoms with Crippen LogP contribution in [0.5, 0.6) is 0 Å². The van der Waals surface area contributed by atoms with Crippen LogP contribution in [0.4, 0.5) is 0 Å². The minimum absolute atomic E-state index is 0.149. The van der Waals surface area contributed by atoms with Gasteiger partial charge in [-0.15, -0.1) is 11.8 Å². The first-order valence-corrected chi connectivity index (χ1v) is 8.51. The maximum absolute atomic E-state index is 11.8. The van der Waals surface area contributed by atoms with E-state index in [2.05, 4.69) is 38.6 Å². The quantitative estimate of drug-likeness (QED) is 0.480. The molecule has 1 amide bonds. The molecule has 116 valence electrons. The van der Waals surface area contributed by atoms with Crippen molar-refractivity contribution in [3.8, 4) is 0 Å². The Morgan fingerprint density at radius 1 is 1.32 bits per heavy atom. The van der Waals surface area contributed by atoms with E-state index >= 15 is 0 Å². The molecule has 0 bridgehead atoms. The molecule has 22 heavy (non-hydrogen) atoms. The van der Waals surface area contributed by atoms with Crippen LogP contribution in [-0.4, -0.2) is 17.9 Å². The molecule has 1 aromatic heterocycles. The zero-order chi connectivity index (χ0) is 16.1. The van der Waals surface area contributed by atoms with Gasteiger partial charge >= 0.3 is 0 Å². The number of furan rings is 1. The lowest BCUT2D eigenvalue weighted by atomic mass is 10.2. The van der Waals surface area contributed by atoms with Crippen molar-refractivity contribution in [3.63, 3.8) is 0 Å². The SMILES string of the molecule is Cc1ccc(/C=N/NC(=O)CSc2cc(C)c(Br)cc2C)o1. The highest BCUT2D eigenvalue weighted by molar-refractivity contribution is 9.10. The fourth-order valence-electron chi connectivity index (χ4n) is 1.78. The molecule has 2 rings (SSSR count). The molecule has 6 heteroatoms. The van der Waals surface area contributed by atoms with Gasteiger partial charge in [-0.3, -0.25) is 4.79 Å². The Morgan fingerprint density at radius 3 is 2.77 bits per heavy atom. The molecule has 4 nitrogen and oxygen atoms in total. The van der Waals surface area contributed by atoms with Crippen LogP contribution < -0.4 is 5.43 Å². The van der Waals surface area contributed by atoms with Crippen molar-refractivity contribution >= 4 is 39.8 Å². The second kappa shape index (κ2) is 7.65. The number of amides is 1. The van der Waals surface area contributed by atoms with Gasteiger partial charge in [0.25, 0.3) is 0 Å². The van der Waals surface area contributed by atoms with E-state index in [-0.39, 0.29) is 5.91 Å². The molecule has 1 aromatic carbocycles. The number of carbonyl (C=O) groups is 1. The summed E-state index contributed by atoms with van der Waals surface area (Å²) in [6.07, 6.45) is 1.49. The van der Waals surface area contributed by atoms with E-state index in [0.717, 1.165) is 26.3 Å². The van der Waals surface area contributed by atoms with Crippen LogP contribution >= 0.6 is 27.7 Å². The summed E-state index contributed by atoms with van der Waals surface area (Å²) in [4.78, 5) is 12.9. The number of aryl methyl sites for hydroxylation is 3. The molecular weight excluding hydrogens is 364 g/mol. The summed E-state index contributed by atoms with van der Waals surface area (Å²) >= 11 is 5.00. The molecule has 2 aromatic rings. The highest BCUT2D eigenvalue weighted by Crippen LogP contribution is 2.28. The smallest absolute Gasteiger partial charge is 0.250 e. The zero-order valence-electron chi connectivity index (χ0n) is 12.6. The number of thioether (sulfide) groups is 1. The normalized spacial score (nSPS) is 11.1. The predicted molar refractivity (Wildman–Crippen MR) is 93.5 cm³/mol. The van der Waals surface area contributed by atoms with Crippen molar-refractivity contribution in [2.75, 3.05) is 5.75 Å². The molecule has 0 aliphatic rings. The lowest BCUT2D eigenvalue weighted by molar-refractivity contribution is -0.118. The molecule has 0 saturated heterocycles. The number of carbonyl (C=O) groups excluding carboxylic acids is 1. The number of rotatable bonds is 5. The largest absolute Gasteiger partial charge is 0.460 e. The van der Waals surface area contributed by atoms with Gasteiger partial charge in [0.1, 0.15) is 11.5 Å². The fraction of sp³-hybridized carbons (Fsp3) is 0.250. The average molecular weight is 381 g/mol. The predicted octanol–water partition coefficient (Wildman–Crippen LogP) is 4.21. The van der Waals surface area contributed by atoms with Crippen LogP contribution in [0.1, 0.15) is 22.6 Å². The fourth-order valence-corrected chi connectivity index (χ4v) is 3.13. The minimum atomic E-state index is -0.149. The Kier molecular flexibility index (Phi) is 5.85. The Balaban J connectivity index is 1.85. The first-order valence-electron chi connectivity index (χ1n) is 6.73. The number of halogens is 1. The van der Waals surface area contributed by atoms with Gasteiger partial charge in [0.2, 0.25) is 5.91 Å². The lowest BCUT2D eigenvalue weighted by Crippen LogP contribution is -2.19. The molecule has 0 unspecified atom stereocenters. The summed E-state index contributed by atoms with van der Waals surface area (Å²) in [5, 5.41) is 3.88. The lowest BCUT2D eigenvalue weighted by Gasteiger charge is -2.08. The van der Waals surface area contributed by atoms with Gasteiger partial charge in [0.05, 0.1) is 12.0 Å². The van der Waals surface area contributed by atoms with Crippen LogP contribution in [0.15, 0.2) is 43.2 Å². The van der Waals surface area contributed by atoms with E-state index in [9.17, 15) is 4.79 Å². The van der Waals surface area contributed by atoms with Crippen molar-refractivity contribution in [1.82, 2.24) is 5.43 Å². The van der Waals surface area contributed by atoms with E-state index in [1.165, 1.54) is 18.0 Å². The number of hydrogen-bond acceptors (Lipinski definition) is 4. The number of benzene rings is 1. The van der Waals surface area contributed by atoms with Gasteiger partial charge < -0.3 is 4.42 Å². The molecule has 0 radical (unpaired) electrons. The maximum atomic E-state index is 11.8. The molecule has 0 aliphatic carbocycles. The van der Waals surface area contributed by atoms with Crippen molar-refractivity contribution < 1.29 is 9.21 Å². The molecule has 0 saturated carbocycles. The molecule has 0 atom stereocenters. The summed E-state index contributed by atoms with van der Waals surface area (Å²) in [6, 6.07) is 7.78. The summed E-state index contributed by atoms with van der Waals surface area (Å²) in [6.45, 7) is 5.92. The number of hydrogen-bond donors (Lipinski definition) is 1. The zero-order valence-corrected chi connectivity index (χ0v) is 15.0. The molecule has 0 spiro atoms. The third kappa shape index (κ3) is 4.74.